The van der Waals surface area contributed by atoms with Gasteiger partial charge in [0.25, 0.3) is 0 Å². The smallest absolute Gasteiger partial charge is 0.00553 e. The van der Waals surface area contributed by atoms with Crippen molar-refractivity contribution in [1.29, 1.82) is 0 Å². The molecule has 0 spiro atoms. The van der Waals surface area contributed by atoms with E-state index in [4.69, 9.17) is 0 Å². The van der Waals surface area contributed by atoms with E-state index in [2.05, 4.69) is 147 Å². The van der Waals surface area contributed by atoms with Crippen molar-refractivity contribution in [3.63, 3.8) is 0 Å². The monoisotopic (exact) mass is 580 g/mol. The molecule has 0 N–H and O–H groups in total. The number of fused-ring (bicyclic) bond motifs is 7. The molecule has 4 aliphatic carbocycles. The predicted molar refractivity (Wildman–Crippen MR) is 191 cm³/mol. The Labute approximate surface area is 267 Å². The minimum atomic E-state index is 0.185. The van der Waals surface area contributed by atoms with Gasteiger partial charge in [0.1, 0.15) is 0 Å². The highest BCUT2D eigenvalue weighted by molar-refractivity contribution is 6.05. The second kappa shape index (κ2) is 10.3. The number of benzene rings is 5. The number of aryl methyl sites for hydroxylation is 1. The van der Waals surface area contributed by atoms with Crippen LogP contribution >= 0.6 is 0 Å². The lowest BCUT2D eigenvalue weighted by Gasteiger charge is -2.45. The summed E-state index contributed by atoms with van der Waals surface area (Å²) in [6, 6.07) is 43.1. The van der Waals surface area contributed by atoms with Crippen LogP contribution in [0.4, 0.5) is 0 Å². The van der Waals surface area contributed by atoms with E-state index < -0.39 is 0 Å². The summed E-state index contributed by atoms with van der Waals surface area (Å²) in [4.78, 5) is 0. The first-order chi connectivity index (χ1) is 22.1. The molecule has 9 rings (SSSR count). The third-order valence-corrected chi connectivity index (χ3v) is 11.8. The number of hydrogen-bond donors (Lipinski definition) is 0. The molecule has 0 saturated heterocycles. The predicted octanol–water partition coefficient (Wildman–Crippen LogP) is 11.8. The molecule has 5 aromatic carbocycles. The highest BCUT2D eigenvalue weighted by Gasteiger charge is 2.54. The summed E-state index contributed by atoms with van der Waals surface area (Å²) in [7, 11) is 0. The summed E-state index contributed by atoms with van der Waals surface area (Å²) < 4.78 is 0. The Balaban J connectivity index is 1.12. The minimum absolute atomic E-state index is 0.185. The molecule has 0 saturated carbocycles. The van der Waals surface area contributed by atoms with Crippen LogP contribution in [-0.4, -0.2) is 0 Å². The van der Waals surface area contributed by atoms with Crippen molar-refractivity contribution in [2.45, 2.75) is 39.5 Å². The Morgan fingerprint density at radius 1 is 0.600 bits per heavy atom. The van der Waals surface area contributed by atoms with E-state index in [0.29, 0.717) is 23.7 Å². The Kier molecular flexibility index (Phi) is 6.17. The number of allylic oxidation sites excluding steroid dienone is 6. The zero-order chi connectivity index (χ0) is 30.1. The van der Waals surface area contributed by atoms with Crippen molar-refractivity contribution >= 4 is 21.9 Å². The zero-order valence-electron chi connectivity index (χ0n) is 26.3. The fourth-order valence-corrected chi connectivity index (χ4v) is 9.68. The van der Waals surface area contributed by atoms with Gasteiger partial charge in [-0.2, -0.15) is 0 Å². The zero-order valence-corrected chi connectivity index (χ0v) is 26.3. The molecule has 4 aliphatic rings. The van der Waals surface area contributed by atoms with E-state index in [1.54, 1.807) is 27.8 Å². The first kappa shape index (κ1) is 26.9. The van der Waals surface area contributed by atoms with Crippen LogP contribution in [0, 0.1) is 29.1 Å². The van der Waals surface area contributed by atoms with Gasteiger partial charge in [0.15, 0.2) is 0 Å². The summed E-state index contributed by atoms with van der Waals surface area (Å²) in [5.41, 5.74) is 14.8. The van der Waals surface area contributed by atoms with Crippen molar-refractivity contribution in [2.75, 3.05) is 0 Å². The molecule has 0 aromatic heterocycles. The van der Waals surface area contributed by atoms with Gasteiger partial charge in [-0.1, -0.05) is 153 Å². The molecule has 0 aliphatic heterocycles. The standard InChI is InChI=1S/C45H40/c1-45(2)41-27-24-30-14-6-7-15-35(30)43(41)44-39-19-11-10-18-38(39)40(28-42(44)45)32-22-20-31(21-23-32)34-26-25-33(29-12-4-3-5-13-29)36-16-8-9-17-37(34)36/h3-10,12-18,20-23,25-26,28,38-39,42,44H,11,19,24,27H2,1-2H3. The van der Waals surface area contributed by atoms with Crippen LogP contribution in [-0.2, 0) is 6.42 Å². The summed E-state index contributed by atoms with van der Waals surface area (Å²) >= 11 is 0. The average Bonchev–Trinajstić information content (AvgIpc) is 3.34. The summed E-state index contributed by atoms with van der Waals surface area (Å²) in [6.07, 6.45) is 12.6. The fraction of sp³-hybridized carbons (Fsp3) is 0.244. The Morgan fingerprint density at radius 3 is 2.00 bits per heavy atom. The average molecular weight is 581 g/mol. The van der Waals surface area contributed by atoms with Gasteiger partial charge in [0, 0.05) is 5.92 Å². The van der Waals surface area contributed by atoms with Gasteiger partial charge in [-0.15, -0.1) is 0 Å². The maximum absolute atomic E-state index is 2.72. The van der Waals surface area contributed by atoms with Crippen LogP contribution in [0.3, 0.4) is 0 Å². The SMILES string of the molecule is CC1(C)C2=C(c3ccccc3CC2)C2C3CCC=CC3C(c3ccc(-c4ccc(-c5ccccc5)c5ccccc45)cc3)=CC21. The van der Waals surface area contributed by atoms with Crippen molar-refractivity contribution < 1.29 is 0 Å². The third-order valence-electron chi connectivity index (χ3n) is 11.8. The van der Waals surface area contributed by atoms with Gasteiger partial charge in [-0.3, -0.25) is 0 Å². The Morgan fingerprint density at radius 2 is 1.24 bits per heavy atom. The second-order valence-electron chi connectivity index (χ2n) is 14.3. The molecule has 220 valence electrons. The van der Waals surface area contributed by atoms with Gasteiger partial charge in [0.05, 0.1) is 0 Å². The van der Waals surface area contributed by atoms with Gasteiger partial charge < -0.3 is 0 Å². The normalized spacial score (nSPS) is 24.4. The molecule has 5 aromatic rings. The van der Waals surface area contributed by atoms with Crippen molar-refractivity contribution in [2.24, 2.45) is 29.1 Å². The fourth-order valence-electron chi connectivity index (χ4n) is 9.68. The lowest BCUT2D eigenvalue weighted by atomic mass is 9.59. The second-order valence-corrected chi connectivity index (χ2v) is 14.3. The molecular weight excluding hydrogens is 540 g/mol. The first-order valence-corrected chi connectivity index (χ1v) is 17.0. The summed E-state index contributed by atoms with van der Waals surface area (Å²) in [5.74, 6) is 2.30. The lowest BCUT2D eigenvalue weighted by molar-refractivity contribution is 0.195. The minimum Gasteiger partial charge on any atom is -0.0879 e. The molecule has 0 bridgehead atoms. The number of hydrogen-bond acceptors (Lipinski definition) is 0. The van der Waals surface area contributed by atoms with Crippen molar-refractivity contribution in [1.82, 2.24) is 0 Å². The molecule has 4 atom stereocenters. The number of rotatable bonds is 3. The molecule has 45 heavy (non-hydrogen) atoms. The Bertz CT molecular complexity index is 2030. The van der Waals surface area contributed by atoms with Crippen LogP contribution < -0.4 is 0 Å². The van der Waals surface area contributed by atoms with Gasteiger partial charge in [-0.25, -0.2) is 0 Å². The Hall–Kier alpha value is -4.42. The third kappa shape index (κ3) is 4.11. The van der Waals surface area contributed by atoms with Crippen LogP contribution in [0.1, 0.15) is 49.8 Å². The maximum Gasteiger partial charge on any atom is 0.00553 e. The largest absolute Gasteiger partial charge is 0.0879 e. The van der Waals surface area contributed by atoms with E-state index in [0.717, 1.165) is 0 Å². The van der Waals surface area contributed by atoms with Crippen LogP contribution in [0.25, 0.3) is 44.2 Å². The quantitative estimate of drug-likeness (QED) is 0.186. The molecule has 4 unspecified atom stereocenters. The van der Waals surface area contributed by atoms with E-state index in [1.165, 1.54) is 64.3 Å². The lowest BCUT2D eigenvalue weighted by Crippen LogP contribution is -2.37. The van der Waals surface area contributed by atoms with E-state index in [-0.39, 0.29) is 5.41 Å². The highest BCUT2D eigenvalue weighted by atomic mass is 14.6. The van der Waals surface area contributed by atoms with Crippen LogP contribution in [0.15, 0.2) is 139 Å². The molecule has 0 heterocycles. The van der Waals surface area contributed by atoms with Crippen LogP contribution in [0.2, 0.25) is 0 Å². The molecule has 0 heteroatoms. The first-order valence-electron chi connectivity index (χ1n) is 17.0. The molecule has 0 fully saturated rings. The van der Waals surface area contributed by atoms with Gasteiger partial charge in [0.2, 0.25) is 0 Å². The maximum atomic E-state index is 2.72. The van der Waals surface area contributed by atoms with Gasteiger partial charge in [-0.05, 0) is 110 Å². The topological polar surface area (TPSA) is 0 Å². The summed E-state index contributed by atoms with van der Waals surface area (Å²) in [5, 5.41) is 2.62. The van der Waals surface area contributed by atoms with E-state index >= 15 is 0 Å². The molecule has 0 nitrogen and oxygen atoms in total. The van der Waals surface area contributed by atoms with Gasteiger partial charge >= 0.3 is 0 Å². The molecule has 0 radical (unpaired) electrons. The molecule has 0 amide bonds. The van der Waals surface area contributed by atoms with Crippen LogP contribution in [0.5, 0.6) is 0 Å². The van der Waals surface area contributed by atoms with Crippen molar-refractivity contribution in [3.05, 3.63) is 156 Å². The van der Waals surface area contributed by atoms with E-state index in [9.17, 15) is 0 Å². The van der Waals surface area contributed by atoms with Crippen molar-refractivity contribution in [3.8, 4) is 22.3 Å². The van der Waals surface area contributed by atoms with E-state index in [1.807, 2.05) is 0 Å². The molecular formula is C45H40. The highest BCUT2D eigenvalue weighted by Crippen LogP contribution is 2.65. The summed E-state index contributed by atoms with van der Waals surface area (Å²) in [6.45, 7) is 5.09.